The third-order valence-corrected chi connectivity index (χ3v) is 5.77. The highest BCUT2D eigenvalue weighted by atomic mass is 32.2. The molecule has 4 heteroatoms. The molecule has 2 aliphatic rings. The molecule has 0 aromatic carbocycles. The summed E-state index contributed by atoms with van der Waals surface area (Å²) in [6.45, 7) is 7.24. The van der Waals surface area contributed by atoms with Crippen LogP contribution < -0.4 is 0 Å². The minimum absolute atomic E-state index is 0.0894. The third kappa shape index (κ3) is 2.59. The lowest BCUT2D eigenvalue weighted by Crippen LogP contribution is -2.56. The van der Waals surface area contributed by atoms with Gasteiger partial charge in [0, 0.05) is 25.9 Å². The summed E-state index contributed by atoms with van der Waals surface area (Å²) in [4.78, 5) is 2.30. The number of nitrogens with zero attached hydrogens (tertiary/aromatic N) is 1. The molecular weight excluding hydrogens is 222 g/mol. The van der Waals surface area contributed by atoms with Gasteiger partial charge in [-0.15, -0.1) is 0 Å². The van der Waals surface area contributed by atoms with Crippen molar-refractivity contribution < 1.29 is 8.42 Å². The van der Waals surface area contributed by atoms with E-state index in [0.717, 1.165) is 37.4 Å². The van der Waals surface area contributed by atoms with Crippen LogP contribution in [-0.4, -0.2) is 44.5 Å². The molecule has 0 radical (unpaired) electrons. The molecule has 0 unspecified atom stereocenters. The van der Waals surface area contributed by atoms with Crippen LogP contribution in [0.25, 0.3) is 0 Å². The van der Waals surface area contributed by atoms with E-state index in [1.165, 1.54) is 19.1 Å². The van der Waals surface area contributed by atoms with Crippen molar-refractivity contribution in [2.24, 2.45) is 17.8 Å². The zero-order valence-corrected chi connectivity index (χ0v) is 11.3. The second kappa shape index (κ2) is 4.30. The Hall–Kier alpha value is -0.0900. The molecule has 1 heterocycles. The van der Waals surface area contributed by atoms with Crippen LogP contribution in [0.4, 0.5) is 0 Å². The Bertz CT molecular complexity index is 338. The number of likely N-dealkylation sites (tertiary alicyclic amines) is 1. The molecule has 1 saturated heterocycles. The second-order valence-electron chi connectivity index (χ2n) is 6.01. The number of hydrogen-bond donors (Lipinski definition) is 0. The van der Waals surface area contributed by atoms with Gasteiger partial charge in [0.25, 0.3) is 0 Å². The summed E-state index contributed by atoms with van der Waals surface area (Å²) in [6.07, 6.45) is 4.04. The van der Waals surface area contributed by atoms with Gasteiger partial charge in [-0.1, -0.05) is 13.8 Å². The van der Waals surface area contributed by atoms with Gasteiger partial charge in [0.05, 0.1) is 5.25 Å². The fourth-order valence-corrected chi connectivity index (χ4v) is 3.75. The molecule has 1 saturated carbocycles. The van der Waals surface area contributed by atoms with Crippen LogP contribution in [0.15, 0.2) is 0 Å². The molecule has 1 aliphatic heterocycles. The molecule has 2 rings (SSSR count). The number of sulfone groups is 1. The van der Waals surface area contributed by atoms with E-state index in [9.17, 15) is 8.42 Å². The largest absolute Gasteiger partial charge is 0.300 e. The van der Waals surface area contributed by atoms with Gasteiger partial charge in [-0.05, 0) is 30.6 Å². The third-order valence-electron chi connectivity index (χ3n) is 4.26. The van der Waals surface area contributed by atoms with Crippen LogP contribution in [0, 0.1) is 17.8 Å². The van der Waals surface area contributed by atoms with E-state index in [-0.39, 0.29) is 5.25 Å². The zero-order valence-electron chi connectivity index (χ0n) is 10.5. The van der Waals surface area contributed by atoms with Gasteiger partial charge in [-0.2, -0.15) is 0 Å². The normalized spacial score (nSPS) is 32.5. The maximum absolute atomic E-state index is 11.2. The van der Waals surface area contributed by atoms with Crippen molar-refractivity contribution in [1.29, 1.82) is 0 Å². The first-order valence-electron chi connectivity index (χ1n) is 6.27. The molecule has 0 atom stereocenters. The van der Waals surface area contributed by atoms with Crippen molar-refractivity contribution in [3.8, 4) is 0 Å². The van der Waals surface area contributed by atoms with Crippen molar-refractivity contribution in [2.75, 3.05) is 25.9 Å². The second-order valence-corrected chi connectivity index (χ2v) is 8.34. The maximum atomic E-state index is 11.2. The molecule has 1 aliphatic carbocycles. The van der Waals surface area contributed by atoms with Crippen molar-refractivity contribution in [2.45, 2.75) is 31.9 Å². The van der Waals surface area contributed by atoms with E-state index < -0.39 is 9.84 Å². The summed E-state index contributed by atoms with van der Waals surface area (Å²) in [5, 5.41) is -0.0894. The van der Waals surface area contributed by atoms with E-state index in [1.807, 2.05) is 0 Å². The average molecular weight is 245 g/mol. The Balaban J connectivity index is 1.65. The molecule has 0 aromatic heterocycles. The minimum Gasteiger partial charge on any atom is -0.300 e. The molecule has 0 spiro atoms. The highest BCUT2D eigenvalue weighted by molar-refractivity contribution is 7.91. The fraction of sp³-hybridized carbons (Fsp3) is 1.00. The Morgan fingerprint density at radius 2 is 1.81 bits per heavy atom. The summed E-state index contributed by atoms with van der Waals surface area (Å²) >= 11 is 0. The molecule has 0 N–H and O–H groups in total. The molecule has 0 bridgehead atoms. The topological polar surface area (TPSA) is 37.4 Å². The lowest BCUT2D eigenvalue weighted by Gasteiger charge is -2.45. The van der Waals surface area contributed by atoms with Crippen LogP contribution >= 0.6 is 0 Å². The van der Waals surface area contributed by atoms with Gasteiger partial charge < -0.3 is 4.90 Å². The maximum Gasteiger partial charge on any atom is 0.152 e. The summed E-state index contributed by atoms with van der Waals surface area (Å²) < 4.78 is 22.5. The van der Waals surface area contributed by atoms with Gasteiger partial charge in [0.1, 0.15) is 0 Å². The zero-order chi connectivity index (χ0) is 11.9. The van der Waals surface area contributed by atoms with E-state index in [0.29, 0.717) is 0 Å². The smallest absolute Gasteiger partial charge is 0.152 e. The first-order chi connectivity index (χ1) is 7.36. The van der Waals surface area contributed by atoms with E-state index in [4.69, 9.17) is 0 Å². The lowest BCUT2D eigenvalue weighted by molar-refractivity contribution is 0.0698. The Labute approximate surface area is 99.1 Å². The molecule has 94 valence electrons. The SMILES string of the molecule is CC(C)C1CC(CN2CC(S(C)(=O)=O)C2)C1. The highest BCUT2D eigenvalue weighted by Crippen LogP contribution is 2.39. The number of hydrogen-bond acceptors (Lipinski definition) is 3. The minimum atomic E-state index is -2.79. The van der Waals surface area contributed by atoms with Crippen molar-refractivity contribution >= 4 is 9.84 Å². The molecular formula is C12H23NO2S. The highest BCUT2D eigenvalue weighted by Gasteiger charge is 2.38. The molecule has 16 heavy (non-hydrogen) atoms. The lowest BCUT2D eigenvalue weighted by atomic mass is 9.69. The molecule has 0 amide bonds. The molecule has 3 nitrogen and oxygen atoms in total. The monoisotopic (exact) mass is 245 g/mol. The summed E-state index contributed by atoms with van der Waals surface area (Å²) in [6, 6.07) is 0. The summed E-state index contributed by atoms with van der Waals surface area (Å²) in [5.41, 5.74) is 0. The van der Waals surface area contributed by atoms with Crippen molar-refractivity contribution in [3.63, 3.8) is 0 Å². The Kier molecular flexibility index (Phi) is 3.32. The molecule has 0 aromatic rings. The van der Waals surface area contributed by atoms with Crippen molar-refractivity contribution in [1.82, 2.24) is 4.90 Å². The number of rotatable bonds is 4. The van der Waals surface area contributed by atoms with Crippen LogP contribution in [0.5, 0.6) is 0 Å². The van der Waals surface area contributed by atoms with E-state index >= 15 is 0 Å². The quantitative estimate of drug-likeness (QED) is 0.751. The van der Waals surface area contributed by atoms with Gasteiger partial charge in [-0.3, -0.25) is 0 Å². The standard InChI is InChI=1S/C12H23NO2S/c1-9(2)11-4-10(5-11)6-13-7-12(8-13)16(3,14)15/h9-12H,4-8H2,1-3H3. The first-order valence-corrected chi connectivity index (χ1v) is 8.23. The van der Waals surface area contributed by atoms with Crippen LogP contribution in [0.3, 0.4) is 0 Å². The van der Waals surface area contributed by atoms with Crippen LogP contribution in [-0.2, 0) is 9.84 Å². The van der Waals surface area contributed by atoms with Gasteiger partial charge in [0.2, 0.25) is 0 Å². The molecule has 2 fully saturated rings. The Morgan fingerprint density at radius 1 is 1.25 bits per heavy atom. The average Bonchev–Trinajstić information content (AvgIpc) is 1.93. The summed E-state index contributed by atoms with van der Waals surface area (Å²) in [7, 11) is -2.79. The van der Waals surface area contributed by atoms with E-state index in [1.54, 1.807) is 0 Å². The van der Waals surface area contributed by atoms with Gasteiger partial charge in [0.15, 0.2) is 9.84 Å². The van der Waals surface area contributed by atoms with Crippen LogP contribution in [0.1, 0.15) is 26.7 Å². The van der Waals surface area contributed by atoms with Crippen LogP contribution in [0.2, 0.25) is 0 Å². The predicted molar refractivity (Wildman–Crippen MR) is 66.1 cm³/mol. The summed E-state index contributed by atoms with van der Waals surface area (Å²) in [5.74, 6) is 2.56. The van der Waals surface area contributed by atoms with Gasteiger partial charge in [-0.25, -0.2) is 8.42 Å². The predicted octanol–water partition coefficient (Wildman–Crippen LogP) is 1.40. The fourth-order valence-electron chi connectivity index (χ4n) is 2.79. The van der Waals surface area contributed by atoms with Gasteiger partial charge >= 0.3 is 0 Å². The van der Waals surface area contributed by atoms with E-state index in [2.05, 4.69) is 18.7 Å². The first kappa shape index (κ1) is 12.4. The van der Waals surface area contributed by atoms with Crippen molar-refractivity contribution in [3.05, 3.63) is 0 Å². The Morgan fingerprint density at radius 3 is 2.25 bits per heavy atom.